The van der Waals surface area contributed by atoms with Crippen molar-refractivity contribution in [1.82, 2.24) is 10.2 Å². The number of nitrogens with one attached hydrogen (secondary N) is 2. The van der Waals surface area contributed by atoms with Crippen molar-refractivity contribution in [3.63, 3.8) is 0 Å². The summed E-state index contributed by atoms with van der Waals surface area (Å²) in [5.41, 5.74) is 5.61. The third kappa shape index (κ3) is 3.53. The molecule has 4 N–H and O–H groups in total. The summed E-state index contributed by atoms with van der Waals surface area (Å²) in [5.74, 6) is -1.48. The van der Waals surface area contributed by atoms with Crippen molar-refractivity contribution in [1.29, 1.82) is 0 Å². The monoisotopic (exact) mass is 322 g/mol. The van der Waals surface area contributed by atoms with Gasteiger partial charge in [-0.3, -0.25) is 14.7 Å². The number of hydrogen-bond acceptors (Lipinski definition) is 3. The lowest BCUT2D eigenvalue weighted by atomic mass is 10.1. The van der Waals surface area contributed by atoms with E-state index in [9.17, 15) is 18.4 Å². The Kier molecular flexibility index (Phi) is 4.73. The first-order chi connectivity index (χ1) is 10.8. The molecule has 0 bridgehead atoms. The molecule has 1 heterocycles. The van der Waals surface area contributed by atoms with E-state index in [4.69, 9.17) is 5.73 Å². The highest BCUT2D eigenvalue weighted by Gasteiger charge is 2.22. The Hall–Kier alpha value is -2.77. The van der Waals surface area contributed by atoms with Gasteiger partial charge in [0.15, 0.2) is 5.69 Å². The Morgan fingerprint density at radius 2 is 2.00 bits per heavy atom. The number of aromatic amines is 1. The minimum atomic E-state index is -2.68. The van der Waals surface area contributed by atoms with Crippen molar-refractivity contribution in [3.05, 3.63) is 46.8 Å². The molecule has 6 nitrogen and oxygen atoms in total. The van der Waals surface area contributed by atoms with E-state index < -0.39 is 18.2 Å². The number of carbonyl (C=O) groups is 2. The van der Waals surface area contributed by atoms with Gasteiger partial charge in [0, 0.05) is 11.1 Å². The number of benzene rings is 1. The van der Waals surface area contributed by atoms with Gasteiger partial charge in [-0.25, -0.2) is 8.78 Å². The van der Waals surface area contributed by atoms with Crippen LogP contribution in [0.3, 0.4) is 0 Å². The quantitative estimate of drug-likeness (QED) is 0.789. The first-order valence-electron chi connectivity index (χ1n) is 6.88. The number of rotatable bonds is 5. The van der Waals surface area contributed by atoms with E-state index in [2.05, 4.69) is 15.5 Å². The highest BCUT2D eigenvalue weighted by atomic mass is 19.3. The minimum absolute atomic E-state index is 0.0501. The Balaban J connectivity index is 2.35. The van der Waals surface area contributed by atoms with Crippen molar-refractivity contribution in [2.24, 2.45) is 5.73 Å². The molecule has 0 aliphatic carbocycles. The van der Waals surface area contributed by atoms with Crippen molar-refractivity contribution < 1.29 is 18.4 Å². The molecule has 2 aromatic rings. The molecule has 0 atom stereocenters. The molecule has 2 rings (SSSR count). The van der Waals surface area contributed by atoms with E-state index >= 15 is 0 Å². The first kappa shape index (κ1) is 16.6. The standard InChI is InChI=1S/C15H16F2N4O2/c1-7(2)10-11(12(14(18)22)21-20-10)19-15(23)9-5-3-4-8(6-9)13(16)17/h3-7,13H,1-2H3,(H2,18,22)(H,19,23)(H,20,21). The van der Waals surface area contributed by atoms with Crippen molar-refractivity contribution >= 4 is 17.5 Å². The zero-order valence-corrected chi connectivity index (χ0v) is 12.6. The number of hydrogen-bond donors (Lipinski definition) is 3. The second kappa shape index (κ2) is 6.55. The molecular weight excluding hydrogens is 306 g/mol. The molecule has 2 amide bonds. The van der Waals surface area contributed by atoms with Crippen LogP contribution in [-0.2, 0) is 0 Å². The number of carbonyl (C=O) groups excluding carboxylic acids is 2. The highest BCUT2D eigenvalue weighted by molar-refractivity contribution is 6.08. The van der Waals surface area contributed by atoms with Crippen LogP contribution >= 0.6 is 0 Å². The van der Waals surface area contributed by atoms with Crippen LogP contribution < -0.4 is 11.1 Å². The number of nitrogens with two attached hydrogens (primary N) is 1. The fraction of sp³-hybridized carbons (Fsp3) is 0.267. The molecule has 1 aromatic carbocycles. The molecule has 0 saturated heterocycles. The SMILES string of the molecule is CC(C)c1[nH]nc(C(N)=O)c1NC(=O)c1cccc(C(F)F)c1. The highest BCUT2D eigenvalue weighted by Crippen LogP contribution is 2.26. The van der Waals surface area contributed by atoms with Crippen molar-refractivity contribution in [2.75, 3.05) is 5.32 Å². The number of aromatic nitrogens is 2. The van der Waals surface area contributed by atoms with Crippen LogP contribution in [0.15, 0.2) is 24.3 Å². The molecule has 0 aliphatic heterocycles. The summed E-state index contributed by atoms with van der Waals surface area (Å²) >= 11 is 0. The van der Waals surface area contributed by atoms with Crippen LogP contribution in [0.2, 0.25) is 0 Å². The zero-order chi connectivity index (χ0) is 17.1. The summed E-state index contributed by atoms with van der Waals surface area (Å²) in [6.07, 6.45) is -2.68. The van der Waals surface area contributed by atoms with Gasteiger partial charge in [0.25, 0.3) is 18.2 Å². The maximum Gasteiger partial charge on any atom is 0.271 e. The molecule has 0 aliphatic rings. The molecule has 122 valence electrons. The smallest absolute Gasteiger partial charge is 0.271 e. The van der Waals surface area contributed by atoms with Crippen molar-refractivity contribution in [3.8, 4) is 0 Å². The van der Waals surface area contributed by atoms with Crippen LogP contribution in [0.5, 0.6) is 0 Å². The van der Waals surface area contributed by atoms with Gasteiger partial charge in [0.1, 0.15) is 0 Å². The maximum atomic E-state index is 12.7. The molecular formula is C15H16F2N4O2. The second-order valence-corrected chi connectivity index (χ2v) is 5.26. The number of nitrogens with zero attached hydrogens (tertiary/aromatic N) is 1. The fourth-order valence-corrected chi connectivity index (χ4v) is 2.08. The second-order valence-electron chi connectivity index (χ2n) is 5.26. The van der Waals surface area contributed by atoms with Crippen LogP contribution in [0, 0.1) is 0 Å². The number of primary amides is 1. The van der Waals surface area contributed by atoms with Crippen LogP contribution in [0.1, 0.15) is 58.3 Å². The number of halogens is 2. The topological polar surface area (TPSA) is 101 Å². The van der Waals surface area contributed by atoms with E-state index in [1.807, 2.05) is 13.8 Å². The Morgan fingerprint density at radius 1 is 1.30 bits per heavy atom. The van der Waals surface area contributed by atoms with E-state index in [0.717, 1.165) is 6.07 Å². The summed E-state index contributed by atoms with van der Waals surface area (Å²) < 4.78 is 25.4. The Morgan fingerprint density at radius 3 is 2.57 bits per heavy atom. The van der Waals surface area contributed by atoms with Gasteiger partial charge < -0.3 is 11.1 Å². The lowest BCUT2D eigenvalue weighted by molar-refractivity contribution is 0.0996. The van der Waals surface area contributed by atoms with E-state index in [1.54, 1.807) is 0 Å². The summed E-state index contributed by atoms with van der Waals surface area (Å²) in [6, 6.07) is 5.09. The maximum absolute atomic E-state index is 12.7. The van der Waals surface area contributed by atoms with Crippen LogP contribution in [-0.4, -0.2) is 22.0 Å². The summed E-state index contributed by atoms with van der Waals surface area (Å²) in [5, 5.41) is 8.98. The lowest BCUT2D eigenvalue weighted by Crippen LogP contribution is -2.19. The number of anilines is 1. The normalized spacial score (nSPS) is 11.0. The van der Waals surface area contributed by atoms with Gasteiger partial charge in [0.2, 0.25) is 0 Å². The van der Waals surface area contributed by atoms with Crippen LogP contribution in [0.25, 0.3) is 0 Å². The third-order valence-corrected chi connectivity index (χ3v) is 3.24. The molecule has 1 aromatic heterocycles. The molecule has 0 fully saturated rings. The predicted molar refractivity (Wildman–Crippen MR) is 80.5 cm³/mol. The zero-order valence-electron chi connectivity index (χ0n) is 12.6. The molecule has 23 heavy (non-hydrogen) atoms. The lowest BCUT2D eigenvalue weighted by Gasteiger charge is -2.10. The van der Waals surface area contributed by atoms with Crippen LogP contribution in [0.4, 0.5) is 14.5 Å². The van der Waals surface area contributed by atoms with E-state index in [0.29, 0.717) is 5.69 Å². The summed E-state index contributed by atoms with van der Waals surface area (Å²) in [7, 11) is 0. The first-order valence-corrected chi connectivity index (χ1v) is 6.88. The van der Waals surface area contributed by atoms with Gasteiger partial charge >= 0.3 is 0 Å². The van der Waals surface area contributed by atoms with Gasteiger partial charge in [-0.2, -0.15) is 5.10 Å². The predicted octanol–water partition coefficient (Wildman–Crippen LogP) is 2.82. The number of H-pyrrole nitrogens is 1. The van der Waals surface area contributed by atoms with Gasteiger partial charge in [-0.1, -0.05) is 26.0 Å². The summed E-state index contributed by atoms with van der Waals surface area (Å²) in [6.45, 7) is 3.68. The van der Waals surface area contributed by atoms with Crippen molar-refractivity contribution in [2.45, 2.75) is 26.2 Å². The molecule has 0 spiro atoms. The molecule has 0 saturated carbocycles. The summed E-state index contributed by atoms with van der Waals surface area (Å²) in [4.78, 5) is 23.7. The largest absolute Gasteiger partial charge is 0.364 e. The van der Waals surface area contributed by atoms with Gasteiger partial charge in [0.05, 0.1) is 11.4 Å². The third-order valence-electron chi connectivity index (χ3n) is 3.24. The number of amides is 2. The fourth-order valence-electron chi connectivity index (χ4n) is 2.08. The Labute approximate surface area is 131 Å². The molecule has 0 unspecified atom stereocenters. The average molecular weight is 322 g/mol. The van der Waals surface area contributed by atoms with Gasteiger partial charge in [-0.05, 0) is 18.1 Å². The minimum Gasteiger partial charge on any atom is -0.364 e. The van der Waals surface area contributed by atoms with Gasteiger partial charge in [-0.15, -0.1) is 0 Å². The average Bonchev–Trinajstić information content (AvgIpc) is 2.91. The molecule has 8 heteroatoms. The van der Waals surface area contributed by atoms with E-state index in [-0.39, 0.29) is 28.4 Å². The van der Waals surface area contributed by atoms with E-state index in [1.165, 1.54) is 18.2 Å². The number of alkyl halides is 2. The molecule has 0 radical (unpaired) electrons. The Bertz CT molecular complexity index is 741.